The summed E-state index contributed by atoms with van der Waals surface area (Å²) in [6, 6.07) is 6.00. The molecule has 2 rings (SSSR count). The molecule has 0 saturated carbocycles. The van der Waals surface area contributed by atoms with Gasteiger partial charge in [-0.05, 0) is 24.6 Å². The third kappa shape index (κ3) is 3.99. The average molecular weight is 371 g/mol. The summed E-state index contributed by atoms with van der Waals surface area (Å²) < 4.78 is 8.53. The van der Waals surface area contributed by atoms with Crippen LogP contribution in [0.3, 0.4) is 0 Å². The fourth-order valence-electron chi connectivity index (χ4n) is 2.03. The maximum Gasteiger partial charge on any atom is 0.191 e. The van der Waals surface area contributed by atoms with E-state index in [1.54, 1.807) is 18.9 Å². The van der Waals surface area contributed by atoms with Gasteiger partial charge >= 0.3 is 0 Å². The van der Waals surface area contributed by atoms with Crippen LogP contribution in [0, 0.1) is 0 Å². The maximum absolute atomic E-state index is 5.71. The number of hydrogen-bond acceptors (Lipinski definition) is 5. The number of aromatic nitrogens is 3. The normalized spacial score (nSPS) is 10.9. The van der Waals surface area contributed by atoms with Crippen molar-refractivity contribution in [2.75, 3.05) is 7.11 Å². The summed E-state index contributed by atoms with van der Waals surface area (Å²) in [6.07, 6.45) is 1.03. The minimum Gasteiger partial charge on any atom is -0.496 e. The monoisotopic (exact) mass is 370 g/mol. The molecule has 1 heterocycles. The minimum atomic E-state index is 0.410. The van der Waals surface area contributed by atoms with Crippen molar-refractivity contribution in [1.82, 2.24) is 14.8 Å². The number of nitrogens with two attached hydrogens (primary N) is 1. The number of methoxy groups -OCH3 is 1. The number of rotatable bonds is 7. The molecule has 0 radical (unpaired) electrons. The molecule has 7 heteroatoms. The van der Waals surface area contributed by atoms with Crippen molar-refractivity contribution in [1.29, 1.82) is 0 Å². The summed E-state index contributed by atoms with van der Waals surface area (Å²) in [5, 5.41) is 9.30. The molecule has 0 spiro atoms. The van der Waals surface area contributed by atoms with E-state index in [4.69, 9.17) is 10.5 Å². The first-order valence-electron chi connectivity index (χ1n) is 6.77. The van der Waals surface area contributed by atoms with E-state index in [-0.39, 0.29) is 0 Å². The predicted octanol–water partition coefficient (Wildman–Crippen LogP) is 3.21. The van der Waals surface area contributed by atoms with Crippen molar-refractivity contribution in [3.8, 4) is 5.75 Å². The van der Waals surface area contributed by atoms with Crippen LogP contribution in [0.4, 0.5) is 0 Å². The van der Waals surface area contributed by atoms with E-state index in [1.165, 1.54) is 0 Å². The van der Waals surface area contributed by atoms with Gasteiger partial charge in [-0.25, -0.2) is 0 Å². The molecule has 5 nitrogen and oxygen atoms in total. The van der Waals surface area contributed by atoms with Gasteiger partial charge in [-0.1, -0.05) is 34.6 Å². The number of thioether (sulfide) groups is 1. The molecular weight excluding hydrogens is 352 g/mol. The minimum absolute atomic E-state index is 0.410. The summed E-state index contributed by atoms with van der Waals surface area (Å²) in [7, 11) is 1.68. The highest BCUT2D eigenvalue weighted by molar-refractivity contribution is 9.10. The lowest BCUT2D eigenvalue weighted by Crippen LogP contribution is -2.09. The van der Waals surface area contributed by atoms with Gasteiger partial charge in [0.1, 0.15) is 11.6 Å². The zero-order valence-corrected chi connectivity index (χ0v) is 14.6. The zero-order valence-electron chi connectivity index (χ0n) is 12.2. The Labute approximate surface area is 137 Å². The largest absolute Gasteiger partial charge is 0.496 e. The van der Waals surface area contributed by atoms with Crippen LogP contribution in [0.1, 0.15) is 24.7 Å². The van der Waals surface area contributed by atoms with E-state index in [2.05, 4.69) is 43.7 Å². The van der Waals surface area contributed by atoms with Crippen molar-refractivity contribution >= 4 is 27.7 Å². The Bertz CT molecular complexity index is 603. The number of benzene rings is 1. The molecule has 0 aliphatic heterocycles. The Balaban J connectivity index is 2.16. The SMILES string of the molecule is CCCn1c(CN)nnc1SCc1cc(Br)ccc1OC. The highest BCUT2D eigenvalue weighted by Gasteiger charge is 2.12. The Hall–Kier alpha value is -1.05. The van der Waals surface area contributed by atoms with Gasteiger partial charge in [-0.3, -0.25) is 0 Å². The van der Waals surface area contributed by atoms with Crippen molar-refractivity contribution in [3.05, 3.63) is 34.1 Å². The van der Waals surface area contributed by atoms with Crippen LogP contribution in [0.25, 0.3) is 0 Å². The molecule has 0 aliphatic rings. The van der Waals surface area contributed by atoms with Crippen LogP contribution in [0.2, 0.25) is 0 Å². The van der Waals surface area contributed by atoms with E-state index in [0.717, 1.165) is 45.5 Å². The first-order chi connectivity index (χ1) is 10.2. The van der Waals surface area contributed by atoms with Crippen molar-refractivity contribution in [3.63, 3.8) is 0 Å². The van der Waals surface area contributed by atoms with E-state index in [1.807, 2.05) is 12.1 Å². The molecule has 0 fully saturated rings. The average Bonchev–Trinajstić information content (AvgIpc) is 2.88. The standard InChI is InChI=1S/C14H19BrN4OS/c1-3-6-19-13(8-16)17-18-14(19)21-9-10-7-11(15)4-5-12(10)20-2/h4-5,7H,3,6,8-9,16H2,1-2H3. The van der Waals surface area contributed by atoms with Gasteiger partial charge in [0.25, 0.3) is 0 Å². The second-order valence-corrected chi connectivity index (χ2v) is 6.36. The van der Waals surface area contributed by atoms with Crippen molar-refractivity contribution in [2.24, 2.45) is 5.73 Å². The van der Waals surface area contributed by atoms with Gasteiger partial charge in [0.05, 0.1) is 13.7 Å². The third-order valence-corrected chi connectivity index (χ3v) is 4.53. The molecule has 0 saturated heterocycles. The number of hydrogen-bond donors (Lipinski definition) is 1. The zero-order chi connectivity index (χ0) is 15.2. The second-order valence-electron chi connectivity index (χ2n) is 4.50. The van der Waals surface area contributed by atoms with Gasteiger partial charge < -0.3 is 15.0 Å². The molecule has 2 N–H and O–H groups in total. The highest BCUT2D eigenvalue weighted by atomic mass is 79.9. The van der Waals surface area contributed by atoms with Crippen LogP contribution in [0.5, 0.6) is 5.75 Å². The fourth-order valence-corrected chi connectivity index (χ4v) is 3.40. The molecule has 1 aromatic carbocycles. The van der Waals surface area contributed by atoms with Crippen molar-refractivity contribution in [2.45, 2.75) is 37.3 Å². The summed E-state index contributed by atoms with van der Waals surface area (Å²) >= 11 is 5.14. The van der Waals surface area contributed by atoms with E-state index in [9.17, 15) is 0 Å². The molecule has 1 aromatic heterocycles. The lowest BCUT2D eigenvalue weighted by molar-refractivity contribution is 0.411. The van der Waals surface area contributed by atoms with Crippen LogP contribution in [-0.4, -0.2) is 21.9 Å². The summed E-state index contributed by atoms with van der Waals surface area (Å²) in [5.74, 6) is 2.49. The first-order valence-corrected chi connectivity index (χ1v) is 8.54. The van der Waals surface area contributed by atoms with Crippen molar-refractivity contribution < 1.29 is 4.74 Å². The Morgan fingerprint density at radius 3 is 2.86 bits per heavy atom. The van der Waals surface area contributed by atoms with Gasteiger partial charge in [-0.15, -0.1) is 10.2 Å². The van der Waals surface area contributed by atoms with E-state index < -0.39 is 0 Å². The predicted molar refractivity (Wildman–Crippen MR) is 88.5 cm³/mol. The van der Waals surface area contributed by atoms with Crippen LogP contribution >= 0.6 is 27.7 Å². The number of nitrogens with zero attached hydrogens (tertiary/aromatic N) is 3. The molecule has 21 heavy (non-hydrogen) atoms. The highest BCUT2D eigenvalue weighted by Crippen LogP contribution is 2.29. The molecule has 0 amide bonds. The van der Waals surface area contributed by atoms with Crippen LogP contribution < -0.4 is 10.5 Å². The fraction of sp³-hybridized carbons (Fsp3) is 0.429. The quantitative estimate of drug-likeness (QED) is 0.757. The summed E-state index contributed by atoms with van der Waals surface area (Å²) in [5.41, 5.74) is 6.83. The third-order valence-electron chi connectivity index (χ3n) is 3.02. The lowest BCUT2D eigenvalue weighted by atomic mass is 10.2. The Kier molecular flexibility index (Phi) is 6.08. The summed E-state index contributed by atoms with van der Waals surface area (Å²) in [6.45, 7) is 3.43. The molecule has 2 aromatic rings. The first kappa shape index (κ1) is 16.3. The summed E-state index contributed by atoms with van der Waals surface area (Å²) in [4.78, 5) is 0. The van der Waals surface area contributed by atoms with E-state index in [0.29, 0.717) is 6.54 Å². The van der Waals surface area contributed by atoms with Gasteiger partial charge in [-0.2, -0.15) is 0 Å². The van der Waals surface area contributed by atoms with Gasteiger partial charge in [0, 0.05) is 22.3 Å². The van der Waals surface area contributed by atoms with E-state index >= 15 is 0 Å². The van der Waals surface area contributed by atoms with Gasteiger partial charge in [0.15, 0.2) is 5.16 Å². The smallest absolute Gasteiger partial charge is 0.191 e. The number of ether oxygens (including phenoxy) is 1. The topological polar surface area (TPSA) is 66.0 Å². The molecular formula is C14H19BrN4OS. The second kappa shape index (κ2) is 7.82. The maximum atomic E-state index is 5.71. The number of halogens is 1. The molecule has 0 bridgehead atoms. The molecule has 114 valence electrons. The lowest BCUT2D eigenvalue weighted by Gasteiger charge is -2.10. The Morgan fingerprint density at radius 2 is 2.19 bits per heavy atom. The molecule has 0 unspecified atom stereocenters. The Morgan fingerprint density at radius 1 is 1.38 bits per heavy atom. The van der Waals surface area contributed by atoms with Crippen LogP contribution in [-0.2, 0) is 18.8 Å². The molecule has 0 atom stereocenters. The van der Waals surface area contributed by atoms with Gasteiger partial charge in [0.2, 0.25) is 0 Å². The van der Waals surface area contributed by atoms with Crippen LogP contribution in [0.15, 0.2) is 27.8 Å². The molecule has 0 aliphatic carbocycles.